The van der Waals surface area contributed by atoms with Crippen LogP contribution in [0.1, 0.15) is 37.6 Å². The van der Waals surface area contributed by atoms with Crippen molar-refractivity contribution in [2.45, 2.75) is 32.7 Å². The van der Waals surface area contributed by atoms with Crippen LogP contribution in [0.25, 0.3) is 5.69 Å². The minimum Gasteiger partial charge on any atom is -0.324 e. The Balaban J connectivity index is 2.19. The van der Waals surface area contributed by atoms with E-state index in [4.69, 9.17) is 5.73 Å². The summed E-state index contributed by atoms with van der Waals surface area (Å²) >= 11 is 10.9. The van der Waals surface area contributed by atoms with Crippen LogP contribution >= 0.6 is 47.8 Å². The average Bonchev–Trinajstić information content (AvgIpc) is 2.70. The molecule has 2 N–H and O–H groups in total. The first-order chi connectivity index (χ1) is 9.78. The van der Waals surface area contributed by atoms with E-state index in [0.717, 1.165) is 31.9 Å². The van der Waals surface area contributed by atoms with Crippen LogP contribution < -0.4 is 5.73 Å². The second-order valence-corrected chi connectivity index (χ2v) is 9.08. The number of fused-ring (bicyclic) bond motifs is 1. The number of hydrogen-bond acceptors (Lipinski definition) is 1. The summed E-state index contributed by atoms with van der Waals surface area (Å²) < 4.78 is 5.41. The largest absolute Gasteiger partial charge is 0.324 e. The molecule has 0 spiro atoms. The van der Waals surface area contributed by atoms with Gasteiger partial charge in [-0.1, -0.05) is 29.8 Å². The lowest BCUT2D eigenvalue weighted by atomic mass is 9.74. The van der Waals surface area contributed by atoms with E-state index in [2.05, 4.69) is 90.6 Å². The fourth-order valence-corrected chi connectivity index (χ4v) is 5.85. The van der Waals surface area contributed by atoms with Crippen molar-refractivity contribution < 1.29 is 0 Å². The Morgan fingerprint density at radius 2 is 1.81 bits per heavy atom. The molecule has 0 amide bonds. The van der Waals surface area contributed by atoms with E-state index in [1.54, 1.807) is 0 Å². The van der Waals surface area contributed by atoms with Gasteiger partial charge in [0.15, 0.2) is 0 Å². The lowest BCUT2D eigenvalue weighted by Gasteiger charge is -2.34. The minimum atomic E-state index is 0.123. The fraction of sp³-hybridized carbons (Fsp3) is 0.375. The Kier molecular flexibility index (Phi) is 4.15. The van der Waals surface area contributed by atoms with Gasteiger partial charge in [-0.15, -0.1) is 0 Å². The summed E-state index contributed by atoms with van der Waals surface area (Å²) in [6.45, 7) is 4.58. The lowest BCUT2D eigenvalue weighted by molar-refractivity contribution is 0.278. The van der Waals surface area contributed by atoms with Crippen LogP contribution in [-0.4, -0.2) is 4.57 Å². The van der Waals surface area contributed by atoms with Gasteiger partial charge in [0.2, 0.25) is 0 Å². The summed E-state index contributed by atoms with van der Waals surface area (Å²) in [4.78, 5) is 0. The number of hydrogen-bond donors (Lipinski definition) is 1. The highest BCUT2D eigenvalue weighted by molar-refractivity contribution is 9.11. The molecule has 1 aliphatic carbocycles. The van der Waals surface area contributed by atoms with Gasteiger partial charge in [0.05, 0.1) is 5.69 Å². The Bertz CT molecular complexity index is 681. The van der Waals surface area contributed by atoms with Gasteiger partial charge in [-0.2, -0.15) is 0 Å². The van der Waals surface area contributed by atoms with E-state index in [1.165, 1.54) is 11.3 Å². The molecular weight excluding hydrogens is 460 g/mol. The SMILES string of the molecule is CC1(C)Cc2c(ccn2-c2c(Br)cc(Br)cc2Br)C(N)C1. The summed E-state index contributed by atoms with van der Waals surface area (Å²) in [6.07, 6.45) is 4.20. The summed E-state index contributed by atoms with van der Waals surface area (Å²) in [5.74, 6) is 0. The monoisotopic (exact) mass is 474 g/mol. The number of nitrogens with zero attached hydrogens (tertiary/aromatic N) is 1. The topological polar surface area (TPSA) is 30.9 Å². The molecule has 21 heavy (non-hydrogen) atoms. The zero-order chi connectivity index (χ0) is 15.4. The van der Waals surface area contributed by atoms with Crippen molar-refractivity contribution in [1.82, 2.24) is 4.57 Å². The molecule has 1 unspecified atom stereocenters. The predicted molar refractivity (Wildman–Crippen MR) is 97.9 cm³/mol. The Hall–Kier alpha value is -0.100. The van der Waals surface area contributed by atoms with Crippen molar-refractivity contribution in [3.05, 3.63) is 49.1 Å². The standard InChI is InChI=1S/C16H17Br3N2/c1-16(2)7-13(20)10-3-4-21(14(10)8-16)15-11(18)5-9(17)6-12(15)19/h3-6,13H,7-8,20H2,1-2H3. The van der Waals surface area contributed by atoms with Crippen LogP contribution in [0.2, 0.25) is 0 Å². The molecule has 1 heterocycles. The Morgan fingerprint density at radius 1 is 1.19 bits per heavy atom. The van der Waals surface area contributed by atoms with Crippen LogP contribution in [0.15, 0.2) is 37.8 Å². The normalized spacial score (nSPS) is 20.4. The van der Waals surface area contributed by atoms with Gasteiger partial charge in [-0.25, -0.2) is 0 Å². The molecular formula is C16H17Br3N2. The summed E-state index contributed by atoms with van der Waals surface area (Å²) in [7, 11) is 0. The van der Waals surface area contributed by atoms with Crippen LogP contribution in [0.5, 0.6) is 0 Å². The van der Waals surface area contributed by atoms with Gasteiger partial charge in [0, 0.05) is 31.4 Å². The van der Waals surface area contributed by atoms with Crippen LogP contribution in [-0.2, 0) is 6.42 Å². The third-order valence-corrected chi connectivity index (χ3v) is 5.73. The quantitative estimate of drug-likeness (QED) is 0.559. The second-order valence-electron chi connectivity index (χ2n) is 6.46. The zero-order valence-electron chi connectivity index (χ0n) is 12.0. The van der Waals surface area contributed by atoms with Crippen LogP contribution in [0, 0.1) is 5.41 Å². The van der Waals surface area contributed by atoms with E-state index in [0.29, 0.717) is 0 Å². The highest BCUT2D eigenvalue weighted by atomic mass is 79.9. The molecule has 3 rings (SSSR count). The van der Waals surface area contributed by atoms with Crippen molar-refractivity contribution >= 4 is 47.8 Å². The molecule has 1 aromatic carbocycles. The minimum absolute atomic E-state index is 0.123. The molecule has 2 aromatic rings. The average molecular weight is 477 g/mol. The molecule has 1 aliphatic rings. The Morgan fingerprint density at radius 3 is 2.43 bits per heavy atom. The highest BCUT2D eigenvalue weighted by Crippen LogP contribution is 2.42. The molecule has 1 aromatic heterocycles. The summed E-state index contributed by atoms with van der Waals surface area (Å²) in [5.41, 5.74) is 10.3. The molecule has 0 fully saturated rings. The molecule has 5 heteroatoms. The molecule has 0 saturated heterocycles. The maximum atomic E-state index is 6.37. The molecule has 1 atom stereocenters. The summed E-state index contributed by atoms with van der Waals surface area (Å²) in [6, 6.07) is 6.43. The fourth-order valence-electron chi connectivity index (χ4n) is 3.21. The first-order valence-corrected chi connectivity index (χ1v) is 9.27. The van der Waals surface area contributed by atoms with Crippen molar-refractivity contribution in [2.24, 2.45) is 11.1 Å². The number of aromatic nitrogens is 1. The number of rotatable bonds is 1. The molecule has 0 saturated carbocycles. The van der Waals surface area contributed by atoms with Gasteiger partial charge < -0.3 is 10.3 Å². The van der Waals surface area contributed by atoms with Gasteiger partial charge in [0.1, 0.15) is 0 Å². The second kappa shape index (κ2) is 5.52. The third kappa shape index (κ3) is 2.90. The van der Waals surface area contributed by atoms with Gasteiger partial charge in [-0.3, -0.25) is 0 Å². The zero-order valence-corrected chi connectivity index (χ0v) is 16.7. The molecule has 0 bridgehead atoms. The maximum absolute atomic E-state index is 6.37. The van der Waals surface area contributed by atoms with Crippen molar-refractivity contribution in [3.63, 3.8) is 0 Å². The summed E-state index contributed by atoms with van der Waals surface area (Å²) in [5, 5.41) is 0. The highest BCUT2D eigenvalue weighted by Gasteiger charge is 2.33. The number of nitrogens with two attached hydrogens (primary N) is 1. The van der Waals surface area contributed by atoms with Crippen molar-refractivity contribution in [2.75, 3.05) is 0 Å². The molecule has 0 aliphatic heterocycles. The third-order valence-electron chi connectivity index (χ3n) is 4.07. The van der Waals surface area contributed by atoms with Crippen LogP contribution in [0.3, 0.4) is 0 Å². The van der Waals surface area contributed by atoms with Gasteiger partial charge >= 0.3 is 0 Å². The van der Waals surface area contributed by atoms with E-state index < -0.39 is 0 Å². The smallest absolute Gasteiger partial charge is 0.0738 e. The van der Waals surface area contributed by atoms with E-state index in [-0.39, 0.29) is 11.5 Å². The van der Waals surface area contributed by atoms with Gasteiger partial charge in [0.25, 0.3) is 0 Å². The number of halogens is 3. The molecule has 112 valence electrons. The van der Waals surface area contributed by atoms with E-state index >= 15 is 0 Å². The Labute approximate surface area is 150 Å². The first kappa shape index (κ1) is 15.8. The maximum Gasteiger partial charge on any atom is 0.0738 e. The van der Waals surface area contributed by atoms with Crippen molar-refractivity contribution in [3.8, 4) is 5.69 Å². The first-order valence-electron chi connectivity index (χ1n) is 6.89. The molecule has 0 radical (unpaired) electrons. The van der Waals surface area contributed by atoms with Crippen LogP contribution in [0.4, 0.5) is 0 Å². The number of benzene rings is 1. The van der Waals surface area contributed by atoms with E-state index in [9.17, 15) is 0 Å². The van der Waals surface area contributed by atoms with Gasteiger partial charge in [-0.05, 0) is 73.9 Å². The predicted octanol–water partition coefficient (Wildman–Crippen LogP) is 5.74. The van der Waals surface area contributed by atoms with E-state index in [1.807, 2.05) is 0 Å². The lowest BCUT2D eigenvalue weighted by Crippen LogP contribution is -2.30. The van der Waals surface area contributed by atoms with Crippen molar-refractivity contribution in [1.29, 1.82) is 0 Å². The molecule has 2 nitrogen and oxygen atoms in total.